The fraction of sp³-hybridized carbons (Fsp3) is 0.188. The van der Waals surface area contributed by atoms with Gasteiger partial charge in [-0.2, -0.15) is 5.10 Å². The van der Waals surface area contributed by atoms with E-state index in [0.717, 1.165) is 11.3 Å². The Balaban J connectivity index is 1.68. The van der Waals surface area contributed by atoms with E-state index in [2.05, 4.69) is 20.2 Å². The Morgan fingerprint density at radius 2 is 2.17 bits per heavy atom. The minimum atomic E-state index is -0.141. The molecular weight excluding hydrogens is 308 g/mol. The minimum absolute atomic E-state index is 0.141. The van der Waals surface area contributed by atoms with E-state index in [1.807, 2.05) is 20.0 Å². The highest BCUT2D eigenvalue weighted by Crippen LogP contribution is 2.22. The quantitative estimate of drug-likeness (QED) is 0.568. The Labute approximate surface area is 136 Å². The number of rotatable bonds is 3. The molecule has 4 aromatic rings. The molecule has 0 fully saturated rings. The van der Waals surface area contributed by atoms with Gasteiger partial charge in [-0.05, 0) is 13.0 Å². The van der Waals surface area contributed by atoms with Crippen LogP contribution in [0.5, 0.6) is 0 Å². The third-order valence-electron chi connectivity index (χ3n) is 4.02. The number of fused-ring (bicyclic) bond motifs is 1. The highest BCUT2D eigenvalue weighted by molar-refractivity contribution is 5.75. The topological polar surface area (TPSA) is 91.6 Å². The van der Waals surface area contributed by atoms with Gasteiger partial charge in [0.1, 0.15) is 5.69 Å². The van der Waals surface area contributed by atoms with Crippen molar-refractivity contribution in [3.63, 3.8) is 0 Å². The molecule has 0 aromatic carbocycles. The second-order valence-electron chi connectivity index (χ2n) is 5.52. The van der Waals surface area contributed by atoms with E-state index < -0.39 is 0 Å². The fourth-order valence-corrected chi connectivity index (χ4v) is 2.55. The van der Waals surface area contributed by atoms with Gasteiger partial charge in [-0.1, -0.05) is 5.16 Å². The van der Waals surface area contributed by atoms with Gasteiger partial charge < -0.3 is 4.52 Å². The molecule has 0 saturated heterocycles. The van der Waals surface area contributed by atoms with Gasteiger partial charge in [-0.3, -0.25) is 19.0 Å². The summed E-state index contributed by atoms with van der Waals surface area (Å²) >= 11 is 0. The van der Waals surface area contributed by atoms with Crippen molar-refractivity contribution in [2.75, 3.05) is 0 Å². The molecule has 0 bridgehead atoms. The zero-order valence-electron chi connectivity index (χ0n) is 13.2. The standard InChI is InChI=1S/C16H14N6O2/c1-10-13(6-19-21(10)2)14-5-11(24-20-14)8-22-9-18-15-7-17-4-3-12(15)16(22)23/h3-7,9H,8H2,1-2H3. The zero-order chi connectivity index (χ0) is 16.7. The summed E-state index contributed by atoms with van der Waals surface area (Å²) < 4.78 is 8.63. The Bertz CT molecular complexity index is 1090. The second-order valence-corrected chi connectivity index (χ2v) is 5.52. The van der Waals surface area contributed by atoms with Crippen LogP contribution in [0.2, 0.25) is 0 Å². The van der Waals surface area contributed by atoms with E-state index in [-0.39, 0.29) is 12.1 Å². The highest BCUT2D eigenvalue weighted by atomic mass is 16.5. The Morgan fingerprint density at radius 3 is 2.96 bits per heavy atom. The molecule has 0 amide bonds. The zero-order valence-corrected chi connectivity index (χ0v) is 13.2. The molecule has 0 atom stereocenters. The number of nitrogens with zero attached hydrogens (tertiary/aromatic N) is 6. The predicted molar refractivity (Wildman–Crippen MR) is 86.3 cm³/mol. The van der Waals surface area contributed by atoms with Crippen LogP contribution in [0.25, 0.3) is 22.2 Å². The van der Waals surface area contributed by atoms with Crippen molar-refractivity contribution in [2.45, 2.75) is 13.5 Å². The summed E-state index contributed by atoms with van der Waals surface area (Å²) in [4.78, 5) is 20.7. The van der Waals surface area contributed by atoms with Gasteiger partial charge in [0.25, 0.3) is 5.56 Å². The lowest BCUT2D eigenvalue weighted by atomic mass is 10.2. The molecule has 0 spiro atoms. The molecule has 0 N–H and O–H groups in total. The Kier molecular flexibility index (Phi) is 3.23. The van der Waals surface area contributed by atoms with Gasteiger partial charge in [0, 0.05) is 30.6 Å². The Morgan fingerprint density at radius 1 is 1.29 bits per heavy atom. The summed E-state index contributed by atoms with van der Waals surface area (Å²) in [5.74, 6) is 0.575. The van der Waals surface area contributed by atoms with E-state index in [4.69, 9.17) is 4.52 Å². The van der Waals surface area contributed by atoms with Crippen LogP contribution in [0.4, 0.5) is 0 Å². The van der Waals surface area contributed by atoms with Crippen molar-refractivity contribution in [2.24, 2.45) is 7.05 Å². The number of aryl methyl sites for hydroxylation is 1. The average Bonchev–Trinajstić information content (AvgIpc) is 3.18. The number of aromatic nitrogens is 6. The molecule has 4 aromatic heterocycles. The largest absolute Gasteiger partial charge is 0.359 e. The molecule has 4 heterocycles. The monoisotopic (exact) mass is 322 g/mol. The molecule has 0 aliphatic carbocycles. The van der Waals surface area contributed by atoms with E-state index >= 15 is 0 Å². The van der Waals surface area contributed by atoms with E-state index in [1.165, 1.54) is 10.9 Å². The Hall–Kier alpha value is -3.29. The molecule has 0 unspecified atom stereocenters. The van der Waals surface area contributed by atoms with Gasteiger partial charge in [0.15, 0.2) is 5.76 Å². The summed E-state index contributed by atoms with van der Waals surface area (Å²) in [6.07, 6.45) is 6.38. The minimum Gasteiger partial charge on any atom is -0.359 e. The smallest absolute Gasteiger partial charge is 0.261 e. The van der Waals surface area contributed by atoms with Gasteiger partial charge >= 0.3 is 0 Å². The third kappa shape index (κ3) is 2.28. The highest BCUT2D eigenvalue weighted by Gasteiger charge is 2.13. The van der Waals surface area contributed by atoms with Gasteiger partial charge in [-0.25, -0.2) is 4.98 Å². The third-order valence-corrected chi connectivity index (χ3v) is 4.02. The number of hydrogen-bond donors (Lipinski definition) is 0. The van der Waals surface area contributed by atoms with E-state index in [9.17, 15) is 4.79 Å². The molecule has 0 aliphatic heterocycles. The maximum atomic E-state index is 12.5. The summed E-state index contributed by atoms with van der Waals surface area (Å²) in [7, 11) is 1.87. The first-order chi connectivity index (χ1) is 11.6. The molecule has 4 rings (SSSR count). The van der Waals surface area contributed by atoms with E-state index in [1.54, 1.807) is 29.3 Å². The molecule has 0 radical (unpaired) electrons. The van der Waals surface area contributed by atoms with Crippen LogP contribution in [0, 0.1) is 6.92 Å². The van der Waals surface area contributed by atoms with Crippen molar-refractivity contribution in [3.8, 4) is 11.3 Å². The predicted octanol–water partition coefficient (Wildman–Crippen LogP) is 1.54. The van der Waals surface area contributed by atoms with Gasteiger partial charge in [0.05, 0.1) is 36.2 Å². The normalized spacial score (nSPS) is 11.2. The van der Waals surface area contributed by atoms with Gasteiger partial charge in [0.2, 0.25) is 0 Å². The first-order valence-electron chi connectivity index (χ1n) is 7.37. The molecule has 8 nitrogen and oxygen atoms in total. The van der Waals surface area contributed by atoms with Crippen molar-refractivity contribution in [1.82, 2.24) is 29.5 Å². The maximum Gasteiger partial charge on any atom is 0.261 e. The summed E-state index contributed by atoms with van der Waals surface area (Å²) in [6, 6.07) is 3.47. The van der Waals surface area contributed by atoms with Gasteiger partial charge in [-0.15, -0.1) is 0 Å². The van der Waals surface area contributed by atoms with E-state index in [0.29, 0.717) is 22.4 Å². The molecule has 120 valence electrons. The fourth-order valence-electron chi connectivity index (χ4n) is 2.55. The lowest BCUT2D eigenvalue weighted by Gasteiger charge is -2.03. The molecule has 0 aliphatic rings. The van der Waals surface area contributed by atoms with Crippen LogP contribution in [0.15, 0.2) is 46.4 Å². The first-order valence-corrected chi connectivity index (χ1v) is 7.37. The number of hydrogen-bond acceptors (Lipinski definition) is 6. The molecule has 8 heteroatoms. The molecule has 0 saturated carbocycles. The first kappa shape index (κ1) is 14.3. The van der Waals surface area contributed by atoms with Crippen molar-refractivity contribution in [3.05, 3.63) is 58.9 Å². The summed E-state index contributed by atoms with van der Waals surface area (Å²) in [6.45, 7) is 2.22. The summed E-state index contributed by atoms with van der Waals surface area (Å²) in [5.41, 5.74) is 3.02. The maximum absolute atomic E-state index is 12.5. The van der Waals surface area contributed by atoms with Crippen molar-refractivity contribution < 1.29 is 4.52 Å². The SMILES string of the molecule is Cc1c(-c2cc(Cn3cnc4cnccc4c3=O)on2)cnn1C. The molecular formula is C16H14N6O2. The second kappa shape index (κ2) is 5.41. The van der Waals surface area contributed by atoms with Crippen LogP contribution in [-0.2, 0) is 13.6 Å². The van der Waals surface area contributed by atoms with Crippen molar-refractivity contribution >= 4 is 10.9 Å². The molecule has 24 heavy (non-hydrogen) atoms. The number of pyridine rings is 1. The lowest BCUT2D eigenvalue weighted by Crippen LogP contribution is -2.21. The van der Waals surface area contributed by atoms with Crippen LogP contribution in [0.3, 0.4) is 0 Å². The van der Waals surface area contributed by atoms with Crippen molar-refractivity contribution in [1.29, 1.82) is 0 Å². The average molecular weight is 322 g/mol. The van der Waals surface area contributed by atoms with Crippen LogP contribution in [-0.4, -0.2) is 29.5 Å². The van der Waals surface area contributed by atoms with Crippen LogP contribution < -0.4 is 5.56 Å². The lowest BCUT2D eigenvalue weighted by molar-refractivity contribution is 0.376. The van der Waals surface area contributed by atoms with Crippen LogP contribution >= 0.6 is 0 Å². The summed E-state index contributed by atoms with van der Waals surface area (Å²) in [5, 5.41) is 8.80. The van der Waals surface area contributed by atoms with Crippen LogP contribution in [0.1, 0.15) is 11.5 Å².